The Morgan fingerprint density at radius 1 is 1.33 bits per heavy atom. The lowest BCUT2D eigenvalue weighted by atomic mass is 9.91. The van der Waals surface area contributed by atoms with Gasteiger partial charge in [0.05, 0.1) is 5.92 Å². The SMILES string of the molecule is CCCCCCC(C(=O)O)c1cc(OC(F)F)ccc1N. The van der Waals surface area contributed by atoms with Crippen molar-refractivity contribution in [2.45, 2.75) is 51.6 Å². The molecule has 0 spiro atoms. The quantitative estimate of drug-likeness (QED) is 0.534. The maximum atomic E-state index is 12.2. The van der Waals surface area contributed by atoms with Crippen LogP contribution >= 0.6 is 0 Å². The van der Waals surface area contributed by atoms with E-state index in [1.54, 1.807) is 0 Å². The van der Waals surface area contributed by atoms with Crippen LogP contribution < -0.4 is 10.5 Å². The van der Waals surface area contributed by atoms with E-state index in [-0.39, 0.29) is 11.4 Å². The zero-order chi connectivity index (χ0) is 15.8. The number of hydrogen-bond donors (Lipinski definition) is 2. The highest BCUT2D eigenvalue weighted by Crippen LogP contribution is 2.31. The van der Waals surface area contributed by atoms with E-state index in [1.807, 2.05) is 0 Å². The van der Waals surface area contributed by atoms with Crippen molar-refractivity contribution in [3.63, 3.8) is 0 Å². The van der Waals surface area contributed by atoms with Crippen LogP contribution in [0.3, 0.4) is 0 Å². The molecule has 0 amide bonds. The van der Waals surface area contributed by atoms with Gasteiger partial charge >= 0.3 is 12.6 Å². The summed E-state index contributed by atoms with van der Waals surface area (Å²) in [5.41, 5.74) is 6.39. The zero-order valence-electron chi connectivity index (χ0n) is 12.0. The van der Waals surface area contributed by atoms with Gasteiger partial charge in [-0.3, -0.25) is 4.79 Å². The van der Waals surface area contributed by atoms with Crippen molar-refractivity contribution in [1.29, 1.82) is 0 Å². The van der Waals surface area contributed by atoms with Crippen LogP contribution in [0.5, 0.6) is 5.75 Å². The second-order valence-electron chi connectivity index (χ2n) is 4.91. The number of aliphatic carboxylic acids is 1. The highest BCUT2D eigenvalue weighted by Gasteiger charge is 2.22. The highest BCUT2D eigenvalue weighted by atomic mass is 19.3. The van der Waals surface area contributed by atoms with Crippen molar-refractivity contribution in [1.82, 2.24) is 0 Å². The van der Waals surface area contributed by atoms with Crippen LogP contribution in [-0.2, 0) is 4.79 Å². The molecule has 1 aromatic rings. The Balaban J connectivity index is 2.88. The molecule has 0 heterocycles. The average Bonchev–Trinajstić information content (AvgIpc) is 2.40. The Labute approximate surface area is 122 Å². The van der Waals surface area contributed by atoms with E-state index in [1.165, 1.54) is 18.2 Å². The lowest BCUT2D eigenvalue weighted by Gasteiger charge is -2.16. The number of anilines is 1. The molecule has 4 nitrogen and oxygen atoms in total. The smallest absolute Gasteiger partial charge is 0.387 e. The van der Waals surface area contributed by atoms with Crippen molar-refractivity contribution in [2.75, 3.05) is 5.73 Å². The first-order chi connectivity index (χ1) is 9.95. The minimum absolute atomic E-state index is 0.0750. The molecule has 118 valence electrons. The van der Waals surface area contributed by atoms with Gasteiger partial charge in [-0.25, -0.2) is 0 Å². The van der Waals surface area contributed by atoms with Crippen molar-refractivity contribution in [3.8, 4) is 5.75 Å². The molecule has 6 heteroatoms. The summed E-state index contributed by atoms with van der Waals surface area (Å²) in [6.45, 7) is -0.882. The first-order valence-electron chi connectivity index (χ1n) is 7.02. The fourth-order valence-corrected chi connectivity index (χ4v) is 2.22. The molecule has 1 aromatic carbocycles. The summed E-state index contributed by atoms with van der Waals surface area (Å²) in [6, 6.07) is 4.00. The fourth-order valence-electron chi connectivity index (χ4n) is 2.22. The van der Waals surface area contributed by atoms with Gasteiger partial charge in [0, 0.05) is 5.69 Å². The molecule has 0 fully saturated rings. The number of nitrogen functional groups attached to an aromatic ring is 1. The lowest BCUT2D eigenvalue weighted by Crippen LogP contribution is -2.14. The van der Waals surface area contributed by atoms with Gasteiger partial charge in [0.15, 0.2) is 0 Å². The lowest BCUT2D eigenvalue weighted by molar-refractivity contribution is -0.139. The maximum absolute atomic E-state index is 12.2. The normalized spacial score (nSPS) is 12.4. The van der Waals surface area contributed by atoms with Gasteiger partial charge in [-0.1, -0.05) is 32.6 Å². The molecule has 0 saturated heterocycles. The van der Waals surface area contributed by atoms with Crippen LogP contribution in [0.1, 0.15) is 50.5 Å². The monoisotopic (exact) mass is 301 g/mol. The number of halogens is 2. The average molecular weight is 301 g/mol. The molecule has 0 aliphatic carbocycles. The molecular weight excluding hydrogens is 280 g/mol. The third kappa shape index (κ3) is 5.57. The third-order valence-electron chi connectivity index (χ3n) is 3.30. The topological polar surface area (TPSA) is 72.5 Å². The second-order valence-corrected chi connectivity index (χ2v) is 4.91. The van der Waals surface area contributed by atoms with Crippen molar-refractivity contribution < 1.29 is 23.4 Å². The summed E-state index contributed by atoms with van der Waals surface area (Å²) in [7, 11) is 0. The summed E-state index contributed by atoms with van der Waals surface area (Å²) in [4.78, 5) is 11.4. The molecule has 1 rings (SSSR count). The van der Waals surface area contributed by atoms with E-state index in [4.69, 9.17) is 5.73 Å². The number of unbranched alkanes of at least 4 members (excludes halogenated alkanes) is 3. The van der Waals surface area contributed by atoms with E-state index < -0.39 is 18.5 Å². The number of nitrogens with two attached hydrogens (primary N) is 1. The summed E-state index contributed by atoms with van der Waals surface area (Å²) in [5, 5.41) is 9.34. The molecule has 0 aromatic heterocycles. The number of alkyl halides is 2. The number of carboxylic acid groups (broad SMARTS) is 1. The molecule has 0 bridgehead atoms. The van der Waals surface area contributed by atoms with Gasteiger partial charge in [0.25, 0.3) is 0 Å². The first-order valence-corrected chi connectivity index (χ1v) is 7.02. The van der Waals surface area contributed by atoms with Crippen LogP contribution in [0, 0.1) is 0 Å². The maximum Gasteiger partial charge on any atom is 0.387 e. The summed E-state index contributed by atoms with van der Waals surface area (Å²) >= 11 is 0. The van der Waals surface area contributed by atoms with E-state index in [9.17, 15) is 18.7 Å². The van der Waals surface area contributed by atoms with E-state index in [0.717, 1.165) is 25.7 Å². The molecule has 1 atom stereocenters. The minimum atomic E-state index is -2.95. The van der Waals surface area contributed by atoms with Crippen LogP contribution in [0.2, 0.25) is 0 Å². The van der Waals surface area contributed by atoms with Gasteiger partial charge in [-0.2, -0.15) is 8.78 Å². The number of ether oxygens (including phenoxy) is 1. The minimum Gasteiger partial charge on any atom is -0.481 e. The summed E-state index contributed by atoms with van der Waals surface area (Å²) in [6.07, 6.45) is 4.21. The predicted molar refractivity (Wildman–Crippen MR) is 76.6 cm³/mol. The Bertz CT molecular complexity index is 466. The number of carbonyl (C=O) groups is 1. The van der Waals surface area contributed by atoms with Crippen molar-refractivity contribution in [3.05, 3.63) is 23.8 Å². The number of benzene rings is 1. The van der Waals surface area contributed by atoms with Gasteiger partial charge < -0.3 is 15.6 Å². The standard InChI is InChI=1S/C15H21F2NO3/c1-2-3-4-5-6-11(14(19)20)12-9-10(21-15(16)17)7-8-13(12)18/h7-9,11,15H,2-6,18H2,1H3,(H,19,20). The number of rotatable bonds is 9. The van der Waals surface area contributed by atoms with Gasteiger partial charge in [0.2, 0.25) is 0 Å². The molecule has 0 aliphatic heterocycles. The summed E-state index contributed by atoms with van der Waals surface area (Å²) < 4.78 is 28.8. The molecule has 0 aliphatic rings. The number of carboxylic acids is 1. The van der Waals surface area contributed by atoms with Crippen molar-refractivity contribution in [2.24, 2.45) is 0 Å². The van der Waals surface area contributed by atoms with Crippen molar-refractivity contribution >= 4 is 11.7 Å². The molecule has 0 saturated carbocycles. The van der Waals surface area contributed by atoms with Gasteiger partial charge in [-0.05, 0) is 30.2 Å². The molecule has 3 N–H and O–H groups in total. The van der Waals surface area contributed by atoms with Crippen LogP contribution in [0.15, 0.2) is 18.2 Å². The van der Waals surface area contributed by atoms with Crippen LogP contribution in [-0.4, -0.2) is 17.7 Å². The number of hydrogen-bond acceptors (Lipinski definition) is 3. The van der Waals surface area contributed by atoms with E-state index >= 15 is 0 Å². The van der Waals surface area contributed by atoms with E-state index in [2.05, 4.69) is 11.7 Å². The summed E-state index contributed by atoms with van der Waals surface area (Å²) in [5.74, 6) is -1.88. The Morgan fingerprint density at radius 3 is 2.62 bits per heavy atom. The van der Waals surface area contributed by atoms with Crippen LogP contribution in [0.4, 0.5) is 14.5 Å². The van der Waals surface area contributed by atoms with Crippen LogP contribution in [0.25, 0.3) is 0 Å². The first kappa shape index (κ1) is 17.2. The van der Waals surface area contributed by atoms with E-state index in [0.29, 0.717) is 12.0 Å². The predicted octanol–water partition coefficient (Wildman–Crippen LogP) is 4.01. The Hall–Kier alpha value is -1.85. The Kier molecular flexibility index (Phi) is 6.91. The molecule has 0 radical (unpaired) electrons. The largest absolute Gasteiger partial charge is 0.481 e. The highest BCUT2D eigenvalue weighted by molar-refractivity contribution is 5.78. The third-order valence-corrected chi connectivity index (χ3v) is 3.30. The Morgan fingerprint density at radius 2 is 2.05 bits per heavy atom. The zero-order valence-corrected chi connectivity index (χ0v) is 12.0. The second kappa shape index (κ2) is 8.44. The molecular formula is C15H21F2NO3. The molecule has 21 heavy (non-hydrogen) atoms. The van der Waals surface area contributed by atoms with Gasteiger partial charge in [0.1, 0.15) is 5.75 Å². The van der Waals surface area contributed by atoms with Gasteiger partial charge in [-0.15, -0.1) is 0 Å². The fraction of sp³-hybridized carbons (Fsp3) is 0.533. The molecule has 1 unspecified atom stereocenters.